The lowest BCUT2D eigenvalue weighted by Crippen LogP contribution is -2.60. The molecule has 142 valence electrons. The highest BCUT2D eigenvalue weighted by atomic mass is 28.4. The molecule has 3 rings (SSSR count). The van der Waals surface area contributed by atoms with E-state index in [9.17, 15) is 4.79 Å². The van der Waals surface area contributed by atoms with E-state index in [4.69, 9.17) is 9.16 Å². The minimum Gasteiger partial charge on any atom is -0.548 e. The van der Waals surface area contributed by atoms with Crippen LogP contribution in [0, 0.1) is 22.7 Å². The van der Waals surface area contributed by atoms with E-state index in [1.165, 1.54) is 6.42 Å². The standard InChI is InChI=1S/C21H36O3Si/c1-15-9-10-17-19(3)12-8-13-21(17,23-18(19)22)20(15,4)14-11-16(2)24-25(5,6)7/h15,17H,2,8-14H2,1,3-7H3/t15-,17+,19+,20+,21-/m1/s1. The molecule has 0 N–H and O–H groups in total. The van der Waals surface area contributed by atoms with Crippen molar-refractivity contribution in [1.82, 2.24) is 0 Å². The van der Waals surface area contributed by atoms with E-state index in [1.54, 1.807) is 0 Å². The Morgan fingerprint density at radius 1 is 1.28 bits per heavy atom. The van der Waals surface area contributed by atoms with Crippen LogP contribution in [0.1, 0.15) is 65.7 Å². The number of rotatable bonds is 5. The smallest absolute Gasteiger partial charge is 0.312 e. The molecular formula is C21H36O3Si. The number of ether oxygens (including phenoxy) is 1. The summed E-state index contributed by atoms with van der Waals surface area (Å²) in [6.45, 7) is 17.7. The predicted molar refractivity (Wildman–Crippen MR) is 104 cm³/mol. The molecule has 0 unspecified atom stereocenters. The fourth-order valence-corrected chi connectivity index (χ4v) is 7.04. The molecule has 0 aromatic heterocycles. The van der Waals surface area contributed by atoms with E-state index < -0.39 is 8.32 Å². The third-order valence-corrected chi connectivity index (χ3v) is 8.53. The monoisotopic (exact) mass is 364 g/mol. The zero-order valence-electron chi connectivity index (χ0n) is 17.0. The van der Waals surface area contributed by atoms with Gasteiger partial charge in [0.25, 0.3) is 0 Å². The molecule has 0 radical (unpaired) electrons. The van der Waals surface area contributed by atoms with Crippen LogP contribution in [0.2, 0.25) is 19.6 Å². The average molecular weight is 365 g/mol. The number of carbonyl (C=O) groups is 1. The predicted octanol–water partition coefficient (Wildman–Crippen LogP) is 5.67. The van der Waals surface area contributed by atoms with Gasteiger partial charge in [-0.15, -0.1) is 0 Å². The van der Waals surface area contributed by atoms with E-state index >= 15 is 0 Å². The lowest BCUT2D eigenvalue weighted by Gasteiger charge is -2.58. The van der Waals surface area contributed by atoms with Gasteiger partial charge in [0.2, 0.25) is 8.32 Å². The van der Waals surface area contributed by atoms with Gasteiger partial charge >= 0.3 is 5.97 Å². The summed E-state index contributed by atoms with van der Waals surface area (Å²) in [7, 11) is -1.61. The van der Waals surface area contributed by atoms with E-state index in [2.05, 4.69) is 47.0 Å². The Kier molecular flexibility index (Phi) is 4.46. The molecule has 1 heterocycles. The number of hydrogen-bond donors (Lipinski definition) is 0. The number of esters is 1. The highest BCUT2D eigenvalue weighted by Crippen LogP contribution is 2.68. The van der Waals surface area contributed by atoms with Crippen molar-refractivity contribution in [1.29, 1.82) is 0 Å². The number of hydrogen-bond acceptors (Lipinski definition) is 3. The summed E-state index contributed by atoms with van der Waals surface area (Å²) in [5.41, 5.74) is -0.519. The van der Waals surface area contributed by atoms with Crippen molar-refractivity contribution in [2.45, 2.75) is 91.0 Å². The van der Waals surface area contributed by atoms with E-state index in [0.717, 1.165) is 44.3 Å². The average Bonchev–Trinajstić information content (AvgIpc) is 2.60. The van der Waals surface area contributed by atoms with Crippen molar-refractivity contribution < 1.29 is 14.0 Å². The van der Waals surface area contributed by atoms with Gasteiger partial charge in [0, 0.05) is 17.8 Å². The van der Waals surface area contributed by atoms with E-state index in [0.29, 0.717) is 11.8 Å². The Hall–Kier alpha value is -0.773. The Balaban J connectivity index is 1.86. The van der Waals surface area contributed by atoms with Crippen molar-refractivity contribution in [2.24, 2.45) is 22.7 Å². The highest BCUT2D eigenvalue weighted by molar-refractivity contribution is 6.70. The second kappa shape index (κ2) is 5.87. The van der Waals surface area contributed by atoms with Crippen LogP contribution in [0.3, 0.4) is 0 Å². The Morgan fingerprint density at radius 3 is 2.60 bits per heavy atom. The summed E-state index contributed by atoms with van der Waals surface area (Å²) < 4.78 is 12.4. The van der Waals surface area contributed by atoms with Gasteiger partial charge in [0.05, 0.1) is 11.2 Å². The van der Waals surface area contributed by atoms with Crippen LogP contribution >= 0.6 is 0 Å². The zero-order valence-corrected chi connectivity index (χ0v) is 18.0. The van der Waals surface area contributed by atoms with Crippen molar-refractivity contribution in [3.8, 4) is 0 Å². The van der Waals surface area contributed by atoms with Crippen molar-refractivity contribution in [2.75, 3.05) is 0 Å². The molecule has 4 heteroatoms. The molecule has 25 heavy (non-hydrogen) atoms. The SMILES string of the molecule is C=C(CC[C@@]1(C)[C@H](C)CC[C@H]2[C@]3(C)CCC[C@@]21OC3=O)O[Si](C)(C)C. The molecule has 5 atom stereocenters. The van der Waals surface area contributed by atoms with Gasteiger partial charge in [-0.1, -0.05) is 20.4 Å². The van der Waals surface area contributed by atoms with Gasteiger partial charge in [0.1, 0.15) is 5.60 Å². The third kappa shape index (κ3) is 2.79. The molecule has 2 saturated carbocycles. The maximum absolute atomic E-state index is 12.8. The summed E-state index contributed by atoms with van der Waals surface area (Å²) in [6.07, 6.45) is 7.32. The topological polar surface area (TPSA) is 35.5 Å². The van der Waals surface area contributed by atoms with Gasteiger partial charge < -0.3 is 9.16 Å². The first-order chi connectivity index (χ1) is 11.4. The first-order valence-electron chi connectivity index (χ1n) is 10.0. The second-order valence-electron chi connectivity index (χ2n) is 10.3. The highest BCUT2D eigenvalue weighted by Gasteiger charge is 2.72. The van der Waals surface area contributed by atoms with Crippen molar-refractivity contribution in [3.05, 3.63) is 12.3 Å². The third-order valence-electron chi connectivity index (χ3n) is 7.63. The van der Waals surface area contributed by atoms with E-state index in [1.807, 2.05) is 0 Å². The molecule has 2 aliphatic carbocycles. The number of allylic oxidation sites excluding steroid dienone is 1. The first-order valence-corrected chi connectivity index (χ1v) is 13.5. The zero-order chi connectivity index (χ0) is 18.7. The van der Waals surface area contributed by atoms with Crippen molar-refractivity contribution >= 4 is 14.3 Å². The van der Waals surface area contributed by atoms with Crippen LogP contribution in [0.15, 0.2) is 12.3 Å². The largest absolute Gasteiger partial charge is 0.548 e. The fourth-order valence-electron chi connectivity index (χ4n) is 6.08. The lowest BCUT2D eigenvalue weighted by atomic mass is 9.46. The molecule has 3 nitrogen and oxygen atoms in total. The Morgan fingerprint density at radius 2 is 1.96 bits per heavy atom. The van der Waals surface area contributed by atoms with Gasteiger partial charge in [-0.2, -0.15) is 0 Å². The molecule has 2 bridgehead atoms. The molecule has 3 aliphatic rings. The quantitative estimate of drug-likeness (QED) is 0.358. The molecule has 0 aromatic rings. The lowest BCUT2D eigenvalue weighted by molar-refractivity contribution is -0.187. The molecule has 3 fully saturated rings. The minimum absolute atomic E-state index is 0.00942. The maximum Gasteiger partial charge on any atom is 0.312 e. The molecule has 0 amide bonds. The molecule has 1 aliphatic heterocycles. The molecule has 1 saturated heterocycles. The van der Waals surface area contributed by atoms with Crippen LogP contribution in [0.25, 0.3) is 0 Å². The minimum atomic E-state index is -1.61. The second-order valence-corrected chi connectivity index (χ2v) is 14.7. The maximum atomic E-state index is 12.8. The summed E-state index contributed by atoms with van der Waals surface area (Å²) in [6, 6.07) is 0. The Bertz CT molecular complexity index is 580. The van der Waals surface area contributed by atoms with Crippen LogP contribution in [-0.2, 0) is 14.0 Å². The number of carbonyl (C=O) groups excluding carboxylic acids is 1. The van der Waals surface area contributed by atoms with Gasteiger partial charge in [0.15, 0.2) is 0 Å². The van der Waals surface area contributed by atoms with Crippen LogP contribution in [0.4, 0.5) is 0 Å². The van der Waals surface area contributed by atoms with Crippen LogP contribution in [-0.4, -0.2) is 19.9 Å². The Labute approximate surface area is 154 Å². The molecule has 0 aromatic carbocycles. The van der Waals surface area contributed by atoms with Crippen LogP contribution in [0.5, 0.6) is 0 Å². The normalized spacial score (nSPS) is 43.4. The molecular weight excluding hydrogens is 328 g/mol. The van der Waals surface area contributed by atoms with E-state index in [-0.39, 0.29) is 22.4 Å². The summed E-state index contributed by atoms with van der Waals surface area (Å²) in [5, 5.41) is 0. The van der Waals surface area contributed by atoms with Crippen LogP contribution < -0.4 is 0 Å². The van der Waals surface area contributed by atoms with Crippen molar-refractivity contribution in [3.63, 3.8) is 0 Å². The van der Waals surface area contributed by atoms with Gasteiger partial charge in [-0.3, -0.25) is 4.79 Å². The van der Waals surface area contributed by atoms with Gasteiger partial charge in [-0.05, 0) is 71.0 Å². The van der Waals surface area contributed by atoms with Gasteiger partial charge in [-0.25, -0.2) is 0 Å². The summed E-state index contributed by atoms with van der Waals surface area (Å²) in [4.78, 5) is 12.8. The fraction of sp³-hybridized carbons (Fsp3) is 0.857. The summed E-state index contributed by atoms with van der Waals surface area (Å²) in [5.74, 6) is 1.91. The first kappa shape index (κ1) is 19.0. The molecule has 0 spiro atoms. The summed E-state index contributed by atoms with van der Waals surface area (Å²) >= 11 is 0.